The topological polar surface area (TPSA) is 65.1 Å². The van der Waals surface area contributed by atoms with Crippen molar-refractivity contribution >= 4 is 11.9 Å². The van der Waals surface area contributed by atoms with Crippen molar-refractivity contribution in [2.45, 2.75) is 0 Å². The van der Waals surface area contributed by atoms with E-state index in [4.69, 9.17) is 0 Å². The minimum atomic E-state index is -0.301. The lowest BCUT2D eigenvalue weighted by atomic mass is 10.1. The number of carbonyl (C=O) groups excluding carboxylic acids is 1. The van der Waals surface area contributed by atoms with Gasteiger partial charge in [-0.05, 0) is 36.4 Å². The molecular formula is C17H12FN5O. The Balaban J connectivity index is 1.92. The molecule has 0 aliphatic heterocycles. The average Bonchev–Trinajstić information content (AvgIpc) is 3.18. The summed E-state index contributed by atoms with van der Waals surface area (Å²) in [7, 11) is 1.86. The first-order valence-corrected chi connectivity index (χ1v) is 7.25. The van der Waals surface area contributed by atoms with Crippen molar-refractivity contribution in [3.63, 3.8) is 0 Å². The molecule has 0 spiro atoms. The Labute approximate surface area is 136 Å². The summed E-state index contributed by atoms with van der Waals surface area (Å²) in [5, 5.41) is 4.50. The number of rotatable bonds is 3. The molecule has 1 aromatic carbocycles. The minimum absolute atomic E-state index is 0.301. The van der Waals surface area contributed by atoms with Crippen LogP contribution in [0.1, 0.15) is 10.5 Å². The monoisotopic (exact) mass is 321 g/mol. The highest BCUT2D eigenvalue weighted by molar-refractivity contribution is 5.78. The van der Waals surface area contributed by atoms with Gasteiger partial charge in [-0.25, -0.2) is 18.9 Å². The predicted molar refractivity (Wildman–Crippen MR) is 86.0 cm³/mol. The van der Waals surface area contributed by atoms with E-state index in [0.29, 0.717) is 29.0 Å². The molecule has 0 fully saturated rings. The van der Waals surface area contributed by atoms with Gasteiger partial charge in [-0.3, -0.25) is 4.79 Å². The third-order valence-electron chi connectivity index (χ3n) is 3.81. The lowest BCUT2D eigenvalue weighted by molar-refractivity contribution is 0.111. The molecule has 0 N–H and O–H groups in total. The lowest BCUT2D eigenvalue weighted by Gasteiger charge is -2.07. The van der Waals surface area contributed by atoms with Gasteiger partial charge in [0.2, 0.25) is 0 Å². The van der Waals surface area contributed by atoms with E-state index < -0.39 is 0 Å². The van der Waals surface area contributed by atoms with Crippen LogP contribution in [-0.2, 0) is 7.05 Å². The summed E-state index contributed by atoms with van der Waals surface area (Å²) >= 11 is 0. The molecule has 0 bridgehead atoms. The predicted octanol–water partition coefficient (Wildman–Crippen LogP) is 2.75. The van der Waals surface area contributed by atoms with E-state index >= 15 is 0 Å². The molecule has 0 aliphatic carbocycles. The molecule has 3 heterocycles. The largest absolute Gasteiger partial charge is 0.332 e. The van der Waals surface area contributed by atoms with E-state index in [1.54, 1.807) is 24.5 Å². The number of hydrogen-bond acceptors (Lipinski definition) is 4. The van der Waals surface area contributed by atoms with Crippen LogP contribution in [0.3, 0.4) is 0 Å². The van der Waals surface area contributed by atoms with Crippen LogP contribution in [0.15, 0.2) is 48.9 Å². The average molecular weight is 321 g/mol. The van der Waals surface area contributed by atoms with E-state index in [1.807, 2.05) is 17.7 Å². The van der Waals surface area contributed by atoms with Crippen molar-refractivity contribution in [2.24, 2.45) is 7.05 Å². The Bertz CT molecular complexity index is 1050. The zero-order valence-corrected chi connectivity index (χ0v) is 12.7. The van der Waals surface area contributed by atoms with Crippen LogP contribution in [0.4, 0.5) is 4.39 Å². The molecule has 0 aliphatic rings. The molecule has 0 amide bonds. The molecule has 0 saturated carbocycles. The maximum Gasteiger partial charge on any atom is 0.170 e. The maximum absolute atomic E-state index is 13.2. The highest BCUT2D eigenvalue weighted by atomic mass is 19.1. The van der Waals surface area contributed by atoms with Gasteiger partial charge in [0.25, 0.3) is 0 Å². The van der Waals surface area contributed by atoms with Crippen molar-refractivity contribution in [3.05, 3.63) is 60.4 Å². The second-order valence-corrected chi connectivity index (χ2v) is 5.35. The number of imidazole rings is 2. The molecule has 6 nitrogen and oxygen atoms in total. The molecule has 3 aromatic heterocycles. The van der Waals surface area contributed by atoms with E-state index in [2.05, 4.69) is 15.1 Å². The Kier molecular flexibility index (Phi) is 3.19. The summed E-state index contributed by atoms with van der Waals surface area (Å²) in [5.74, 6) is -0.301. The highest BCUT2D eigenvalue weighted by Crippen LogP contribution is 2.29. The first-order valence-electron chi connectivity index (χ1n) is 7.25. The molecule has 0 radical (unpaired) electrons. The number of aromatic nitrogens is 5. The third-order valence-corrected chi connectivity index (χ3v) is 3.81. The third kappa shape index (κ3) is 2.18. The summed E-state index contributed by atoms with van der Waals surface area (Å²) in [4.78, 5) is 19.7. The number of carbonyl (C=O) groups is 1. The summed E-state index contributed by atoms with van der Waals surface area (Å²) < 4.78 is 16.5. The SMILES string of the molecule is Cn1cnc(-c2ccc(F)cc2)c1-c1ccc2ncc(C=O)n2n1. The van der Waals surface area contributed by atoms with Crippen LogP contribution in [-0.4, -0.2) is 30.4 Å². The number of halogens is 1. The summed E-state index contributed by atoms with van der Waals surface area (Å²) in [6, 6.07) is 9.74. The molecule has 0 saturated heterocycles. The molecule has 4 rings (SSSR count). The van der Waals surface area contributed by atoms with Gasteiger partial charge in [0.05, 0.1) is 23.9 Å². The number of fused-ring (bicyclic) bond motifs is 1. The van der Waals surface area contributed by atoms with Gasteiger partial charge in [-0.15, -0.1) is 0 Å². The van der Waals surface area contributed by atoms with Crippen LogP contribution < -0.4 is 0 Å². The quantitative estimate of drug-likeness (QED) is 0.544. The first-order chi connectivity index (χ1) is 11.7. The normalized spacial score (nSPS) is 11.1. The first kappa shape index (κ1) is 14.3. The van der Waals surface area contributed by atoms with Crippen LogP contribution >= 0.6 is 0 Å². The lowest BCUT2D eigenvalue weighted by Crippen LogP contribution is -2.01. The van der Waals surface area contributed by atoms with E-state index in [-0.39, 0.29) is 5.82 Å². The second-order valence-electron chi connectivity index (χ2n) is 5.35. The molecular weight excluding hydrogens is 309 g/mol. The number of benzene rings is 1. The van der Waals surface area contributed by atoms with Crippen LogP contribution in [0.5, 0.6) is 0 Å². The fourth-order valence-electron chi connectivity index (χ4n) is 2.65. The van der Waals surface area contributed by atoms with Gasteiger partial charge in [0.15, 0.2) is 11.9 Å². The zero-order chi connectivity index (χ0) is 16.7. The molecule has 7 heteroatoms. The number of aryl methyl sites for hydroxylation is 1. The van der Waals surface area contributed by atoms with Crippen LogP contribution in [0.25, 0.3) is 28.3 Å². The zero-order valence-electron chi connectivity index (χ0n) is 12.7. The minimum Gasteiger partial charge on any atom is -0.332 e. The summed E-state index contributed by atoms with van der Waals surface area (Å²) in [6.07, 6.45) is 3.86. The van der Waals surface area contributed by atoms with Crippen molar-refractivity contribution in [2.75, 3.05) is 0 Å². The van der Waals surface area contributed by atoms with Crippen molar-refractivity contribution in [1.82, 2.24) is 24.1 Å². The maximum atomic E-state index is 13.2. The molecule has 4 aromatic rings. The van der Waals surface area contributed by atoms with Gasteiger partial charge >= 0.3 is 0 Å². The smallest absolute Gasteiger partial charge is 0.170 e. The number of hydrogen-bond donors (Lipinski definition) is 0. The number of aldehydes is 1. The fourth-order valence-corrected chi connectivity index (χ4v) is 2.65. The highest BCUT2D eigenvalue weighted by Gasteiger charge is 2.16. The van der Waals surface area contributed by atoms with Crippen LogP contribution in [0.2, 0.25) is 0 Å². The molecule has 118 valence electrons. The summed E-state index contributed by atoms with van der Waals surface area (Å²) in [5.41, 5.74) is 3.85. The van der Waals surface area contributed by atoms with Crippen LogP contribution in [0, 0.1) is 5.82 Å². The Morgan fingerprint density at radius 2 is 1.88 bits per heavy atom. The van der Waals surface area contributed by atoms with Gasteiger partial charge in [0.1, 0.15) is 17.2 Å². The van der Waals surface area contributed by atoms with Gasteiger partial charge in [-0.1, -0.05) is 0 Å². The number of nitrogens with zero attached hydrogens (tertiary/aromatic N) is 5. The van der Waals surface area contributed by atoms with Gasteiger partial charge < -0.3 is 4.57 Å². The molecule has 24 heavy (non-hydrogen) atoms. The Morgan fingerprint density at radius 1 is 1.08 bits per heavy atom. The standard InChI is InChI=1S/C17H12FN5O/c1-22-10-20-16(11-2-4-12(18)5-3-11)17(22)14-6-7-15-19-8-13(9-24)23(15)21-14/h2-10H,1H3. The Morgan fingerprint density at radius 3 is 2.62 bits per heavy atom. The van der Waals surface area contributed by atoms with Crippen molar-refractivity contribution in [1.29, 1.82) is 0 Å². The van der Waals surface area contributed by atoms with Gasteiger partial charge in [-0.2, -0.15) is 5.10 Å². The summed E-state index contributed by atoms with van der Waals surface area (Å²) in [6.45, 7) is 0. The van der Waals surface area contributed by atoms with E-state index in [0.717, 1.165) is 11.3 Å². The van der Waals surface area contributed by atoms with E-state index in [1.165, 1.54) is 22.8 Å². The fraction of sp³-hybridized carbons (Fsp3) is 0.0588. The Hall–Kier alpha value is -3.35. The van der Waals surface area contributed by atoms with Gasteiger partial charge in [0, 0.05) is 12.6 Å². The van der Waals surface area contributed by atoms with Crippen molar-refractivity contribution in [3.8, 4) is 22.6 Å². The molecule has 0 atom stereocenters. The van der Waals surface area contributed by atoms with Crippen molar-refractivity contribution < 1.29 is 9.18 Å². The second kappa shape index (κ2) is 5.38. The van der Waals surface area contributed by atoms with E-state index in [9.17, 15) is 9.18 Å². The molecule has 0 unspecified atom stereocenters.